The molecule has 3 nitrogen and oxygen atoms in total. The third kappa shape index (κ3) is 3.42. The van der Waals surface area contributed by atoms with E-state index in [-0.39, 0.29) is 5.82 Å². The van der Waals surface area contributed by atoms with E-state index in [1.54, 1.807) is 0 Å². The summed E-state index contributed by atoms with van der Waals surface area (Å²) in [6, 6.07) is 11.4. The van der Waals surface area contributed by atoms with Gasteiger partial charge in [0.25, 0.3) is 0 Å². The Morgan fingerprint density at radius 1 is 1.07 bits per heavy atom. The predicted molar refractivity (Wildman–Crippen MR) is 116 cm³/mol. The van der Waals surface area contributed by atoms with Crippen molar-refractivity contribution in [3.05, 3.63) is 72.4 Å². The first-order chi connectivity index (χ1) is 14.0. The summed E-state index contributed by atoms with van der Waals surface area (Å²) in [5.41, 5.74) is 7.37. The number of pyridine rings is 1. The summed E-state index contributed by atoms with van der Waals surface area (Å²) < 4.78 is 13.5. The van der Waals surface area contributed by atoms with Gasteiger partial charge in [0.05, 0.1) is 5.69 Å². The molecule has 2 aromatic heterocycles. The molecule has 4 heterocycles. The molecular weight excluding hydrogens is 361 g/mol. The van der Waals surface area contributed by atoms with Gasteiger partial charge in [-0.25, -0.2) is 4.39 Å². The second-order valence-electron chi connectivity index (χ2n) is 9.08. The van der Waals surface area contributed by atoms with Gasteiger partial charge in [-0.15, -0.1) is 0 Å². The standard InChI is InChI=1S/C25H26FN3/c1-25(2)14-21-13-19(9-12-29(21)16-25)22-15-28-24(18-3-5-20(26)6-4-18)23(22)17-7-10-27-11-8-17/h3-11,15,21,28H,12-14,16H2,1-2H3/t21-/m1/s1. The van der Waals surface area contributed by atoms with Crippen molar-refractivity contribution in [1.82, 2.24) is 14.9 Å². The zero-order valence-corrected chi connectivity index (χ0v) is 17.0. The molecule has 1 saturated heterocycles. The van der Waals surface area contributed by atoms with Gasteiger partial charge in [-0.1, -0.05) is 19.9 Å². The maximum Gasteiger partial charge on any atom is 0.123 e. The molecule has 29 heavy (non-hydrogen) atoms. The van der Waals surface area contributed by atoms with Gasteiger partial charge in [0, 0.05) is 48.8 Å². The molecule has 0 spiro atoms. The van der Waals surface area contributed by atoms with E-state index in [9.17, 15) is 4.39 Å². The molecule has 1 aromatic carbocycles. The van der Waals surface area contributed by atoms with Crippen LogP contribution in [0.15, 0.2) is 61.1 Å². The van der Waals surface area contributed by atoms with E-state index in [4.69, 9.17) is 0 Å². The lowest BCUT2D eigenvalue weighted by atomic mass is 9.86. The van der Waals surface area contributed by atoms with E-state index in [0.29, 0.717) is 11.5 Å². The highest BCUT2D eigenvalue weighted by atomic mass is 19.1. The first-order valence-corrected chi connectivity index (χ1v) is 10.3. The molecule has 1 atom stereocenters. The van der Waals surface area contributed by atoms with Crippen molar-refractivity contribution in [2.75, 3.05) is 13.1 Å². The Hall–Kier alpha value is -2.72. The zero-order valence-electron chi connectivity index (χ0n) is 17.0. The Bertz CT molecular complexity index is 1050. The molecule has 0 amide bonds. The largest absolute Gasteiger partial charge is 0.360 e. The first-order valence-electron chi connectivity index (χ1n) is 10.3. The van der Waals surface area contributed by atoms with Gasteiger partial charge < -0.3 is 4.98 Å². The predicted octanol–water partition coefficient (Wildman–Crippen LogP) is 5.77. The average Bonchev–Trinajstić information content (AvgIpc) is 3.28. The number of benzene rings is 1. The van der Waals surface area contributed by atoms with Gasteiger partial charge >= 0.3 is 0 Å². The third-order valence-electron chi connectivity index (χ3n) is 6.29. The Labute approximate surface area is 171 Å². The number of rotatable bonds is 3. The molecule has 0 radical (unpaired) electrons. The van der Waals surface area contributed by atoms with Crippen LogP contribution in [0.1, 0.15) is 32.3 Å². The van der Waals surface area contributed by atoms with Crippen LogP contribution in [0, 0.1) is 11.2 Å². The van der Waals surface area contributed by atoms with E-state index in [1.165, 1.54) is 41.8 Å². The van der Waals surface area contributed by atoms with Crippen molar-refractivity contribution in [3.8, 4) is 22.4 Å². The molecule has 4 heteroatoms. The Morgan fingerprint density at radius 2 is 1.83 bits per heavy atom. The van der Waals surface area contributed by atoms with Crippen molar-refractivity contribution in [3.63, 3.8) is 0 Å². The molecule has 5 rings (SSSR count). The minimum atomic E-state index is -0.218. The first kappa shape index (κ1) is 18.3. The van der Waals surface area contributed by atoms with Crippen LogP contribution in [0.3, 0.4) is 0 Å². The lowest BCUT2D eigenvalue weighted by molar-refractivity contribution is 0.262. The van der Waals surface area contributed by atoms with Crippen LogP contribution < -0.4 is 0 Å². The molecule has 0 aliphatic carbocycles. The molecular formula is C25H26FN3. The molecule has 0 saturated carbocycles. The van der Waals surface area contributed by atoms with E-state index in [1.807, 2.05) is 36.7 Å². The highest BCUT2D eigenvalue weighted by Crippen LogP contribution is 2.44. The van der Waals surface area contributed by atoms with Crippen LogP contribution in [-0.4, -0.2) is 34.0 Å². The van der Waals surface area contributed by atoms with E-state index in [0.717, 1.165) is 29.8 Å². The van der Waals surface area contributed by atoms with Crippen molar-refractivity contribution < 1.29 is 4.39 Å². The van der Waals surface area contributed by atoms with Crippen LogP contribution in [0.25, 0.3) is 28.0 Å². The molecule has 2 aliphatic heterocycles. The van der Waals surface area contributed by atoms with Crippen molar-refractivity contribution in [1.29, 1.82) is 0 Å². The van der Waals surface area contributed by atoms with E-state index in [2.05, 4.69) is 41.0 Å². The number of halogens is 1. The lowest BCUT2D eigenvalue weighted by Gasteiger charge is -2.29. The monoisotopic (exact) mass is 387 g/mol. The number of aromatic amines is 1. The van der Waals surface area contributed by atoms with Gasteiger partial charge in [0.15, 0.2) is 0 Å². The molecule has 3 aromatic rings. The lowest BCUT2D eigenvalue weighted by Crippen LogP contribution is -2.33. The van der Waals surface area contributed by atoms with Crippen LogP contribution in [0.2, 0.25) is 0 Å². The Balaban J connectivity index is 1.58. The molecule has 2 aliphatic rings. The van der Waals surface area contributed by atoms with Gasteiger partial charge in [-0.05, 0) is 71.4 Å². The summed E-state index contributed by atoms with van der Waals surface area (Å²) >= 11 is 0. The topological polar surface area (TPSA) is 31.9 Å². The smallest absolute Gasteiger partial charge is 0.123 e. The minimum Gasteiger partial charge on any atom is -0.360 e. The van der Waals surface area contributed by atoms with Crippen molar-refractivity contribution in [2.24, 2.45) is 5.41 Å². The second kappa shape index (κ2) is 6.96. The summed E-state index contributed by atoms with van der Waals surface area (Å²) in [6.07, 6.45) is 10.5. The van der Waals surface area contributed by atoms with Gasteiger partial charge in [-0.2, -0.15) is 0 Å². The highest BCUT2D eigenvalue weighted by Gasteiger charge is 2.39. The summed E-state index contributed by atoms with van der Waals surface area (Å²) in [6.45, 7) is 6.93. The fraction of sp³-hybridized carbons (Fsp3) is 0.320. The van der Waals surface area contributed by atoms with Crippen LogP contribution in [-0.2, 0) is 0 Å². The SMILES string of the molecule is CC1(C)C[C@H]2CC(c3c[nH]c(-c4ccc(F)cc4)c3-c3ccncc3)=CCN2C1. The van der Waals surface area contributed by atoms with E-state index < -0.39 is 0 Å². The fourth-order valence-corrected chi connectivity index (χ4v) is 5.05. The van der Waals surface area contributed by atoms with Crippen molar-refractivity contribution in [2.45, 2.75) is 32.7 Å². The fourth-order valence-electron chi connectivity index (χ4n) is 5.05. The highest BCUT2D eigenvalue weighted by molar-refractivity contribution is 5.91. The number of hydrogen-bond donors (Lipinski definition) is 1. The van der Waals surface area contributed by atoms with Crippen molar-refractivity contribution >= 4 is 5.57 Å². The summed E-state index contributed by atoms with van der Waals surface area (Å²) in [7, 11) is 0. The van der Waals surface area contributed by atoms with E-state index >= 15 is 0 Å². The Kier molecular flexibility index (Phi) is 4.39. The normalized spacial score (nSPS) is 21.1. The summed E-state index contributed by atoms with van der Waals surface area (Å²) in [5.74, 6) is -0.218. The number of hydrogen-bond acceptors (Lipinski definition) is 2. The van der Waals surface area contributed by atoms with Crippen LogP contribution >= 0.6 is 0 Å². The molecule has 0 bridgehead atoms. The third-order valence-corrected chi connectivity index (χ3v) is 6.29. The Morgan fingerprint density at radius 3 is 2.59 bits per heavy atom. The quantitative estimate of drug-likeness (QED) is 0.619. The molecule has 148 valence electrons. The summed E-state index contributed by atoms with van der Waals surface area (Å²) in [5, 5.41) is 0. The molecule has 0 unspecified atom stereocenters. The maximum atomic E-state index is 13.5. The van der Waals surface area contributed by atoms with Gasteiger partial charge in [-0.3, -0.25) is 9.88 Å². The number of nitrogens with zero attached hydrogens (tertiary/aromatic N) is 2. The number of H-pyrrole nitrogens is 1. The summed E-state index contributed by atoms with van der Waals surface area (Å²) in [4.78, 5) is 10.3. The number of fused-ring (bicyclic) bond motifs is 1. The second-order valence-corrected chi connectivity index (χ2v) is 9.08. The maximum absolute atomic E-state index is 13.5. The molecule has 1 N–H and O–H groups in total. The van der Waals surface area contributed by atoms with Gasteiger partial charge in [0.2, 0.25) is 0 Å². The van der Waals surface area contributed by atoms with Crippen LogP contribution in [0.5, 0.6) is 0 Å². The number of aromatic nitrogens is 2. The zero-order chi connectivity index (χ0) is 20.0. The minimum absolute atomic E-state index is 0.218. The van der Waals surface area contributed by atoms with Crippen LogP contribution in [0.4, 0.5) is 4.39 Å². The molecule has 1 fully saturated rings. The number of nitrogens with one attached hydrogen (secondary N) is 1. The van der Waals surface area contributed by atoms with Gasteiger partial charge in [0.1, 0.15) is 5.82 Å². The average molecular weight is 388 g/mol.